The fraction of sp³-hybridized carbons (Fsp3) is 0.333. The van der Waals surface area contributed by atoms with Crippen molar-refractivity contribution in [3.05, 3.63) is 69.7 Å². The minimum atomic E-state index is -3.55. The van der Waals surface area contributed by atoms with Gasteiger partial charge in [0.15, 0.2) is 0 Å². The Balaban J connectivity index is 1.80. The Hall–Kier alpha value is -1.25. The second-order valence-corrected chi connectivity index (χ2v) is 9.04. The largest absolute Gasteiger partial charge is 0.297 e. The zero-order valence-electron chi connectivity index (χ0n) is 14.1. The molecule has 2 aromatic carbocycles. The molecule has 1 heterocycles. The lowest BCUT2D eigenvalue weighted by molar-refractivity contribution is -0.110. The quantitative estimate of drug-likeness (QED) is 0.800. The van der Waals surface area contributed by atoms with Crippen molar-refractivity contribution in [1.82, 2.24) is 9.79 Å². The second kappa shape index (κ2) is 7.55. The topological polar surface area (TPSA) is 58.6 Å². The Labute approximate surface area is 157 Å². The van der Waals surface area contributed by atoms with Gasteiger partial charge in [0.1, 0.15) is 5.25 Å². The maximum atomic E-state index is 12.9. The van der Waals surface area contributed by atoms with Crippen LogP contribution in [0.5, 0.6) is 0 Å². The van der Waals surface area contributed by atoms with Crippen molar-refractivity contribution in [1.29, 1.82) is 0 Å². The molecule has 0 bridgehead atoms. The van der Waals surface area contributed by atoms with Gasteiger partial charge >= 0.3 is 0 Å². The summed E-state index contributed by atoms with van der Waals surface area (Å²) in [6, 6.07) is 15.1. The third-order valence-corrected chi connectivity index (χ3v) is 6.87. The van der Waals surface area contributed by atoms with Gasteiger partial charge in [-0.25, -0.2) is 13.1 Å². The maximum Gasteiger partial charge on any atom is 0.219 e. The van der Waals surface area contributed by atoms with Crippen LogP contribution in [0.2, 0.25) is 0 Å². The molecule has 2 atom stereocenters. The molecule has 1 saturated heterocycles. The van der Waals surface area contributed by atoms with Crippen LogP contribution in [-0.2, 0) is 21.4 Å². The third kappa shape index (κ3) is 4.12. The molecule has 0 unspecified atom stereocenters. The van der Waals surface area contributed by atoms with E-state index >= 15 is 0 Å². The monoisotopic (exact) mass is 424 g/mol. The summed E-state index contributed by atoms with van der Waals surface area (Å²) < 4.78 is 29.4. The predicted octanol–water partition coefficient (Wildman–Crippen LogP) is 3.16. The maximum absolute atomic E-state index is 12.9. The van der Waals surface area contributed by atoms with Crippen LogP contribution in [0.3, 0.4) is 0 Å². The van der Waals surface area contributed by atoms with Gasteiger partial charge in [-0.05, 0) is 24.1 Å². The molecule has 0 amide bonds. The SMILES string of the molecule is Cc1ccc(CNS(=O)(=O)[C@H]2CON(C)[C@@H]2c2ccccc2Br)cc1. The Morgan fingerprint density at radius 3 is 2.56 bits per heavy atom. The number of hydrogen-bond acceptors (Lipinski definition) is 4. The van der Waals surface area contributed by atoms with Crippen LogP contribution < -0.4 is 4.72 Å². The Morgan fingerprint density at radius 1 is 1.20 bits per heavy atom. The number of rotatable bonds is 5. The number of halogens is 1. The van der Waals surface area contributed by atoms with Gasteiger partial charge in [-0.1, -0.05) is 64.0 Å². The highest BCUT2D eigenvalue weighted by Crippen LogP contribution is 2.36. The van der Waals surface area contributed by atoms with E-state index in [0.717, 1.165) is 21.2 Å². The molecule has 0 spiro atoms. The molecule has 0 aromatic heterocycles. The van der Waals surface area contributed by atoms with Crippen LogP contribution in [0.25, 0.3) is 0 Å². The van der Waals surface area contributed by atoms with Crippen molar-refractivity contribution < 1.29 is 13.3 Å². The van der Waals surface area contributed by atoms with E-state index in [1.807, 2.05) is 55.5 Å². The first-order valence-electron chi connectivity index (χ1n) is 8.02. The number of aryl methyl sites for hydroxylation is 1. The first-order valence-corrected chi connectivity index (χ1v) is 10.4. The van der Waals surface area contributed by atoms with E-state index in [0.29, 0.717) is 0 Å². The van der Waals surface area contributed by atoms with Crippen LogP contribution in [0, 0.1) is 6.92 Å². The lowest BCUT2D eigenvalue weighted by Crippen LogP contribution is -2.39. The van der Waals surface area contributed by atoms with Crippen LogP contribution >= 0.6 is 15.9 Å². The molecule has 134 valence electrons. The summed E-state index contributed by atoms with van der Waals surface area (Å²) in [7, 11) is -1.79. The summed E-state index contributed by atoms with van der Waals surface area (Å²) in [6.45, 7) is 2.40. The highest BCUT2D eigenvalue weighted by molar-refractivity contribution is 9.10. The molecular weight excluding hydrogens is 404 g/mol. The van der Waals surface area contributed by atoms with Crippen LogP contribution in [0.1, 0.15) is 22.7 Å². The molecule has 1 aliphatic rings. The molecule has 0 saturated carbocycles. The van der Waals surface area contributed by atoms with E-state index in [9.17, 15) is 8.42 Å². The molecule has 2 aromatic rings. The van der Waals surface area contributed by atoms with Gasteiger partial charge in [-0.15, -0.1) is 0 Å². The molecule has 7 heteroatoms. The van der Waals surface area contributed by atoms with Crippen molar-refractivity contribution in [2.45, 2.75) is 24.8 Å². The Bertz CT molecular complexity index is 840. The van der Waals surface area contributed by atoms with E-state index in [-0.39, 0.29) is 19.2 Å². The number of benzene rings is 2. The predicted molar refractivity (Wildman–Crippen MR) is 101 cm³/mol. The lowest BCUT2D eigenvalue weighted by atomic mass is 10.0. The van der Waals surface area contributed by atoms with Crippen molar-refractivity contribution in [2.24, 2.45) is 0 Å². The Kier molecular flexibility index (Phi) is 5.60. The number of nitrogens with one attached hydrogen (secondary N) is 1. The van der Waals surface area contributed by atoms with Gasteiger partial charge in [0.2, 0.25) is 10.0 Å². The van der Waals surface area contributed by atoms with Gasteiger partial charge in [0.05, 0.1) is 12.6 Å². The summed E-state index contributed by atoms with van der Waals surface area (Å²) in [5, 5.41) is 0.942. The summed E-state index contributed by atoms with van der Waals surface area (Å²) in [6.07, 6.45) is 0. The lowest BCUT2D eigenvalue weighted by Gasteiger charge is -2.24. The number of hydroxylamine groups is 2. The molecule has 3 rings (SSSR count). The van der Waals surface area contributed by atoms with Gasteiger partial charge < -0.3 is 0 Å². The normalized spacial score (nSPS) is 21.6. The molecule has 5 nitrogen and oxygen atoms in total. The summed E-state index contributed by atoms with van der Waals surface area (Å²) in [5.41, 5.74) is 2.97. The number of sulfonamides is 1. The van der Waals surface area contributed by atoms with Crippen LogP contribution in [0.4, 0.5) is 0 Å². The zero-order valence-corrected chi connectivity index (χ0v) is 16.5. The second-order valence-electron chi connectivity index (χ2n) is 6.20. The van der Waals surface area contributed by atoms with Crippen molar-refractivity contribution in [3.8, 4) is 0 Å². The fourth-order valence-electron chi connectivity index (χ4n) is 2.96. The summed E-state index contributed by atoms with van der Waals surface area (Å²) >= 11 is 3.51. The van der Waals surface area contributed by atoms with E-state index in [1.165, 1.54) is 0 Å². The minimum absolute atomic E-state index is 0.131. The third-order valence-electron chi connectivity index (χ3n) is 4.41. The summed E-state index contributed by atoms with van der Waals surface area (Å²) in [4.78, 5) is 5.53. The van der Waals surface area contributed by atoms with Gasteiger partial charge in [-0.3, -0.25) is 4.84 Å². The first-order chi connectivity index (χ1) is 11.9. The summed E-state index contributed by atoms with van der Waals surface area (Å²) in [5.74, 6) is 0. The van der Waals surface area contributed by atoms with Gasteiger partial charge in [0, 0.05) is 18.1 Å². The molecular formula is C18H21BrN2O3S. The highest BCUT2D eigenvalue weighted by atomic mass is 79.9. The van der Waals surface area contributed by atoms with E-state index in [1.54, 1.807) is 12.1 Å². The molecule has 25 heavy (non-hydrogen) atoms. The number of hydrogen-bond donors (Lipinski definition) is 1. The molecule has 0 aliphatic carbocycles. The first kappa shape index (κ1) is 18.5. The van der Waals surface area contributed by atoms with Gasteiger partial charge in [-0.2, -0.15) is 5.06 Å². The van der Waals surface area contributed by atoms with Crippen LogP contribution in [0.15, 0.2) is 53.0 Å². The van der Waals surface area contributed by atoms with Crippen LogP contribution in [-0.4, -0.2) is 32.4 Å². The molecule has 0 radical (unpaired) electrons. The smallest absolute Gasteiger partial charge is 0.219 e. The number of nitrogens with zero attached hydrogens (tertiary/aromatic N) is 1. The minimum Gasteiger partial charge on any atom is -0.297 e. The Morgan fingerprint density at radius 2 is 1.88 bits per heavy atom. The zero-order chi connectivity index (χ0) is 18.0. The highest BCUT2D eigenvalue weighted by Gasteiger charge is 2.43. The van der Waals surface area contributed by atoms with Gasteiger partial charge in [0.25, 0.3) is 0 Å². The van der Waals surface area contributed by atoms with E-state index in [2.05, 4.69) is 20.7 Å². The van der Waals surface area contributed by atoms with Crippen molar-refractivity contribution >= 4 is 26.0 Å². The van der Waals surface area contributed by atoms with Crippen molar-refractivity contribution in [2.75, 3.05) is 13.7 Å². The molecule has 1 fully saturated rings. The average molecular weight is 425 g/mol. The molecule has 1 N–H and O–H groups in total. The fourth-order valence-corrected chi connectivity index (χ4v) is 4.96. The van der Waals surface area contributed by atoms with Crippen molar-refractivity contribution in [3.63, 3.8) is 0 Å². The standard InChI is InChI=1S/C18H21BrN2O3S/c1-13-7-9-14(10-8-13)11-20-25(22,23)17-12-24-21(2)18(17)15-5-3-4-6-16(15)19/h3-10,17-18,20H,11-12H2,1-2H3/t17-,18+/m0/s1. The average Bonchev–Trinajstić information content (AvgIpc) is 2.97. The van der Waals surface area contributed by atoms with E-state index in [4.69, 9.17) is 4.84 Å². The molecule has 1 aliphatic heterocycles. The van der Waals surface area contributed by atoms with E-state index < -0.39 is 15.3 Å².